The summed E-state index contributed by atoms with van der Waals surface area (Å²) in [6, 6.07) is 12.6. The largest absolute Gasteiger partial charge is 0.319 e. The Bertz CT molecular complexity index is 645. The summed E-state index contributed by atoms with van der Waals surface area (Å²) in [6.07, 6.45) is 3.22. The van der Waals surface area contributed by atoms with Gasteiger partial charge in [-0.15, -0.1) is 0 Å². The predicted octanol–water partition coefficient (Wildman–Crippen LogP) is 3.16. The molecule has 1 heterocycles. The van der Waals surface area contributed by atoms with Crippen molar-refractivity contribution >= 4 is 11.6 Å². The lowest BCUT2D eigenvalue weighted by atomic mass is 10.1. The van der Waals surface area contributed by atoms with E-state index in [1.807, 2.05) is 13.0 Å². The zero-order valence-electron chi connectivity index (χ0n) is 11.3. The summed E-state index contributed by atoms with van der Waals surface area (Å²) in [7, 11) is 0. The van der Waals surface area contributed by atoms with Crippen molar-refractivity contribution in [1.29, 1.82) is 5.26 Å². The molecule has 2 aromatic rings. The second-order valence-corrected chi connectivity index (χ2v) is 4.36. The third-order valence-electron chi connectivity index (χ3n) is 2.91. The first-order valence-corrected chi connectivity index (χ1v) is 6.50. The summed E-state index contributed by atoms with van der Waals surface area (Å²) in [5.41, 5.74) is 2.26. The van der Waals surface area contributed by atoms with Gasteiger partial charge in [0.25, 0.3) is 5.91 Å². The summed E-state index contributed by atoms with van der Waals surface area (Å²) in [6.45, 7) is 2.03. The number of carbonyl (C=O) groups is 1. The molecule has 0 aliphatic carbocycles. The van der Waals surface area contributed by atoms with Crippen molar-refractivity contribution in [3.63, 3.8) is 0 Å². The van der Waals surface area contributed by atoms with Crippen LogP contribution in [0.1, 0.15) is 35.0 Å². The number of hydrogen-bond acceptors (Lipinski definition) is 3. The first-order chi connectivity index (χ1) is 9.76. The highest BCUT2D eigenvalue weighted by molar-refractivity contribution is 6.05. The van der Waals surface area contributed by atoms with Crippen molar-refractivity contribution in [3.8, 4) is 6.07 Å². The van der Waals surface area contributed by atoms with Crippen LogP contribution in [0.5, 0.6) is 0 Å². The van der Waals surface area contributed by atoms with Gasteiger partial charge in [0.2, 0.25) is 0 Å². The van der Waals surface area contributed by atoms with E-state index in [-0.39, 0.29) is 5.91 Å². The van der Waals surface area contributed by atoms with Crippen LogP contribution in [0.25, 0.3) is 0 Å². The lowest BCUT2D eigenvalue weighted by Gasteiger charge is -2.11. The summed E-state index contributed by atoms with van der Waals surface area (Å²) in [4.78, 5) is 16.4. The van der Waals surface area contributed by atoms with Crippen LogP contribution < -0.4 is 5.32 Å². The fourth-order valence-electron chi connectivity index (χ4n) is 1.94. The van der Waals surface area contributed by atoms with Crippen molar-refractivity contribution in [1.82, 2.24) is 4.98 Å². The average molecular weight is 265 g/mol. The molecule has 0 aliphatic rings. The number of anilines is 1. The molecule has 1 aromatic carbocycles. The van der Waals surface area contributed by atoms with Crippen molar-refractivity contribution in [2.24, 2.45) is 0 Å². The number of nitrogens with one attached hydrogen (secondary N) is 1. The molecule has 4 heteroatoms. The molecular formula is C16H15N3O. The maximum Gasteiger partial charge on any atom is 0.255 e. The van der Waals surface area contributed by atoms with Gasteiger partial charge in [0.15, 0.2) is 0 Å². The molecule has 1 aromatic heterocycles. The summed E-state index contributed by atoms with van der Waals surface area (Å²) in [5, 5.41) is 12.0. The Morgan fingerprint density at radius 3 is 2.70 bits per heavy atom. The summed E-state index contributed by atoms with van der Waals surface area (Å²) < 4.78 is 0. The van der Waals surface area contributed by atoms with E-state index in [9.17, 15) is 4.79 Å². The van der Waals surface area contributed by atoms with Gasteiger partial charge in [-0.3, -0.25) is 9.78 Å². The number of amides is 1. The van der Waals surface area contributed by atoms with Crippen molar-refractivity contribution in [2.45, 2.75) is 19.8 Å². The molecule has 0 radical (unpaired) electrons. The number of aryl methyl sites for hydroxylation is 1. The van der Waals surface area contributed by atoms with Crippen LogP contribution in [0.3, 0.4) is 0 Å². The number of carbonyl (C=O) groups excluding carboxylic acids is 1. The molecule has 100 valence electrons. The van der Waals surface area contributed by atoms with Crippen LogP contribution in [0, 0.1) is 11.3 Å². The van der Waals surface area contributed by atoms with Crippen LogP contribution in [0.15, 0.2) is 42.6 Å². The van der Waals surface area contributed by atoms with Gasteiger partial charge in [0, 0.05) is 11.8 Å². The first-order valence-electron chi connectivity index (χ1n) is 6.50. The lowest BCUT2D eigenvalue weighted by molar-refractivity contribution is 0.102. The van der Waals surface area contributed by atoms with E-state index in [0.29, 0.717) is 16.8 Å². The molecule has 1 N–H and O–H groups in total. The number of hydrogen-bond donors (Lipinski definition) is 1. The van der Waals surface area contributed by atoms with Gasteiger partial charge in [-0.2, -0.15) is 5.26 Å². The Kier molecular flexibility index (Phi) is 4.46. The van der Waals surface area contributed by atoms with Gasteiger partial charge < -0.3 is 5.32 Å². The number of nitriles is 1. The van der Waals surface area contributed by atoms with Gasteiger partial charge in [0.1, 0.15) is 6.07 Å². The Morgan fingerprint density at radius 2 is 2.05 bits per heavy atom. The van der Waals surface area contributed by atoms with Crippen LogP contribution in [0.2, 0.25) is 0 Å². The van der Waals surface area contributed by atoms with Crippen LogP contribution in [-0.2, 0) is 6.42 Å². The molecule has 0 saturated carbocycles. The second kappa shape index (κ2) is 6.48. The third kappa shape index (κ3) is 3.01. The van der Waals surface area contributed by atoms with Gasteiger partial charge in [0.05, 0.1) is 16.9 Å². The van der Waals surface area contributed by atoms with E-state index in [2.05, 4.69) is 16.4 Å². The first kappa shape index (κ1) is 13.8. The molecule has 20 heavy (non-hydrogen) atoms. The molecule has 0 fully saturated rings. The normalized spacial score (nSPS) is 9.80. The fraction of sp³-hybridized carbons (Fsp3) is 0.188. The van der Waals surface area contributed by atoms with E-state index in [1.165, 1.54) is 0 Å². The van der Waals surface area contributed by atoms with Crippen molar-refractivity contribution in [2.75, 3.05) is 5.32 Å². The summed E-state index contributed by atoms with van der Waals surface area (Å²) in [5.74, 6) is -0.229. The zero-order chi connectivity index (χ0) is 14.4. The monoisotopic (exact) mass is 265 g/mol. The lowest BCUT2D eigenvalue weighted by Crippen LogP contribution is -2.15. The number of benzene rings is 1. The number of nitrogens with zero attached hydrogens (tertiary/aromatic N) is 2. The van der Waals surface area contributed by atoms with Crippen molar-refractivity contribution < 1.29 is 4.79 Å². The maximum atomic E-state index is 12.2. The minimum atomic E-state index is -0.229. The van der Waals surface area contributed by atoms with Crippen LogP contribution >= 0.6 is 0 Å². The van der Waals surface area contributed by atoms with E-state index >= 15 is 0 Å². The smallest absolute Gasteiger partial charge is 0.255 e. The molecule has 0 spiro atoms. The molecule has 0 atom stereocenters. The highest BCUT2D eigenvalue weighted by Gasteiger charge is 2.13. The third-order valence-corrected chi connectivity index (χ3v) is 2.91. The quantitative estimate of drug-likeness (QED) is 0.923. The number of aromatic nitrogens is 1. The van der Waals surface area contributed by atoms with Gasteiger partial charge in [-0.05, 0) is 24.6 Å². The predicted molar refractivity (Wildman–Crippen MR) is 77.3 cm³/mol. The molecule has 2 rings (SSSR count). The molecule has 0 bridgehead atoms. The van der Waals surface area contributed by atoms with Gasteiger partial charge >= 0.3 is 0 Å². The highest BCUT2D eigenvalue weighted by atomic mass is 16.1. The minimum absolute atomic E-state index is 0.229. The highest BCUT2D eigenvalue weighted by Crippen LogP contribution is 2.20. The zero-order valence-corrected chi connectivity index (χ0v) is 11.3. The molecule has 1 amide bonds. The Hall–Kier alpha value is -2.67. The van der Waals surface area contributed by atoms with E-state index in [4.69, 9.17) is 5.26 Å². The molecular weight excluding hydrogens is 250 g/mol. The average Bonchev–Trinajstić information content (AvgIpc) is 2.50. The van der Waals surface area contributed by atoms with E-state index in [1.54, 1.807) is 36.5 Å². The minimum Gasteiger partial charge on any atom is -0.319 e. The van der Waals surface area contributed by atoms with Gasteiger partial charge in [-0.1, -0.05) is 31.5 Å². The number of pyridine rings is 1. The SMILES string of the molecule is CCCc1nccc(C#N)c1NC(=O)c1ccccc1. The van der Waals surface area contributed by atoms with Crippen molar-refractivity contribution in [3.05, 3.63) is 59.4 Å². The van der Waals surface area contributed by atoms with Gasteiger partial charge in [-0.25, -0.2) is 0 Å². The fourth-order valence-corrected chi connectivity index (χ4v) is 1.94. The summed E-state index contributed by atoms with van der Waals surface area (Å²) >= 11 is 0. The molecule has 0 unspecified atom stereocenters. The molecule has 4 nitrogen and oxygen atoms in total. The Labute approximate surface area is 118 Å². The standard InChI is InChI=1S/C16H15N3O/c1-2-6-14-15(13(11-17)9-10-18-14)19-16(20)12-7-4-3-5-8-12/h3-5,7-10H,2,6H2,1H3,(H,19,20). The second-order valence-electron chi connectivity index (χ2n) is 4.36. The topological polar surface area (TPSA) is 65.8 Å². The van der Waals surface area contributed by atoms with E-state index in [0.717, 1.165) is 18.5 Å². The molecule has 0 saturated heterocycles. The van der Waals surface area contributed by atoms with Crippen LogP contribution in [0.4, 0.5) is 5.69 Å². The van der Waals surface area contributed by atoms with Crippen LogP contribution in [-0.4, -0.2) is 10.9 Å². The molecule has 0 aliphatic heterocycles. The maximum absolute atomic E-state index is 12.2. The Morgan fingerprint density at radius 1 is 1.30 bits per heavy atom. The number of rotatable bonds is 4. The van der Waals surface area contributed by atoms with E-state index < -0.39 is 0 Å². The Balaban J connectivity index is 2.33.